The summed E-state index contributed by atoms with van der Waals surface area (Å²) in [7, 11) is 0. The quantitative estimate of drug-likeness (QED) is 0.778. The lowest BCUT2D eigenvalue weighted by atomic mass is 10.3. The Kier molecular flexibility index (Phi) is 2.02. The van der Waals surface area contributed by atoms with E-state index in [1.165, 1.54) is 12.3 Å². The largest absolute Gasteiger partial charge is 0.477 e. The summed E-state index contributed by atoms with van der Waals surface area (Å²) < 4.78 is 1.83. The highest BCUT2D eigenvalue weighted by Gasteiger charge is 2.04. The van der Waals surface area contributed by atoms with Crippen LogP contribution in [0.25, 0.3) is 5.69 Å². The van der Waals surface area contributed by atoms with E-state index in [9.17, 15) is 4.79 Å². The summed E-state index contributed by atoms with van der Waals surface area (Å²) in [6.45, 7) is 0. The molecule has 0 radical (unpaired) electrons. The molecule has 0 fully saturated rings. The van der Waals surface area contributed by atoms with Crippen LogP contribution >= 0.6 is 0 Å². The van der Waals surface area contributed by atoms with Crippen LogP contribution < -0.4 is 0 Å². The molecule has 0 aliphatic rings. The van der Waals surface area contributed by atoms with Crippen LogP contribution in [0.5, 0.6) is 0 Å². The topological polar surface area (TPSA) is 55.1 Å². The monoisotopic (exact) mass is 188 g/mol. The van der Waals surface area contributed by atoms with Crippen LogP contribution in [0, 0.1) is 0 Å². The number of hydrogen-bond donors (Lipinski definition) is 1. The molecule has 1 N–H and O–H groups in total. The van der Waals surface area contributed by atoms with Crippen LogP contribution in [0.2, 0.25) is 0 Å². The molecule has 0 spiro atoms. The number of pyridine rings is 1. The average Bonchev–Trinajstić information content (AvgIpc) is 2.71. The van der Waals surface area contributed by atoms with Gasteiger partial charge >= 0.3 is 5.97 Å². The molecule has 0 unspecified atom stereocenters. The third-order valence-corrected chi connectivity index (χ3v) is 1.87. The Balaban J connectivity index is 2.46. The maximum absolute atomic E-state index is 10.7. The van der Waals surface area contributed by atoms with Gasteiger partial charge in [-0.2, -0.15) is 0 Å². The van der Waals surface area contributed by atoms with E-state index in [1.807, 2.05) is 29.1 Å². The maximum atomic E-state index is 10.7. The van der Waals surface area contributed by atoms with Crippen molar-refractivity contribution in [3.05, 3.63) is 48.5 Å². The molecule has 2 rings (SSSR count). The molecule has 0 saturated heterocycles. The van der Waals surface area contributed by atoms with Gasteiger partial charge in [-0.25, -0.2) is 9.78 Å². The Morgan fingerprint density at radius 3 is 2.71 bits per heavy atom. The Morgan fingerprint density at radius 2 is 2.07 bits per heavy atom. The van der Waals surface area contributed by atoms with Crippen LogP contribution in [-0.4, -0.2) is 20.6 Å². The first-order valence-electron chi connectivity index (χ1n) is 4.10. The zero-order chi connectivity index (χ0) is 9.97. The summed E-state index contributed by atoms with van der Waals surface area (Å²) in [6, 6.07) is 7.04. The molecule has 0 aromatic carbocycles. The summed E-state index contributed by atoms with van der Waals surface area (Å²) in [4.78, 5) is 14.4. The predicted octanol–water partition coefficient (Wildman–Crippen LogP) is 1.57. The second-order valence-corrected chi connectivity index (χ2v) is 2.79. The molecule has 0 aliphatic heterocycles. The van der Waals surface area contributed by atoms with E-state index < -0.39 is 5.97 Å². The molecule has 70 valence electrons. The number of aromatic carboxylic acids is 1. The fourth-order valence-corrected chi connectivity index (χ4v) is 1.20. The number of aromatic nitrogens is 2. The van der Waals surface area contributed by atoms with E-state index in [1.54, 1.807) is 6.07 Å². The van der Waals surface area contributed by atoms with E-state index in [0.29, 0.717) is 0 Å². The molecule has 14 heavy (non-hydrogen) atoms. The molecule has 0 atom stereocenters. The fraction of sp³-hybridized carbons (Fsp3) is 0. The lowest BCUT2D eigenvalue weighted by Gasteiger charge is -2.02. The predicted molar refractivity (Wildman–Crippen MR) is 50.5 cm³/mol. The van der Waals surface area contributed by atoms with Crippen molar-refractivity contribution in [2.75, 3.05) is 0 Å². The highest BCUT2D eigenvalue weighted by atomic mass is 16.4. The Bertz CT molecular complexity index is 449. The first-order valence-corrected chi connectivity index (χ1v) is 4.10. The van der Waals surface area contributed by atoms with Crippen molar-refractivity contribution in [2.24, 2.45) is 0 Å². The second-order valence-electron chi connectivity index (χ2n) is 2.79. The van der Waals surface area contributed by atoms with Crippen molar-refractivity contribution < 1.29 is 9.90 Å². The van der Waals surface area contributed by atoms with Crippen molar-refractivity contribution in [1.82, 2.24) is 9.55 Å². The van der Waals surface area contributed by atoms with Crippen LogP contribution in [0.1, 0.15) is 10.5 Å². The third kappa shape index (κ3) is 1.50. The molecule has 2 aromatic heterocycles. The zero-order valence-electron chi connectivity index (χ0n) is 7.29. The summed E-state index contributed by atoms with van der Waals surface area (Å²) in [5, 5.41) is 8.74. The maximum Gasteiger partial charge on any atom is 0.354 e. The minimum absolute atomic E-state index is 0.0520. The summed E-state index contributed by atoms with van der Waals surface area (Å²) in [5.74, 6) is -1.01. The summed E-state index contributed by atoms with van der Waals surface area (Å²) >= 11 is 0. The highest BCUT2D eigenvalue weighted by Crippen LogP contribution is 2.08. The third-order valence-electron chi connectivity index (χ3n) is 1.87. The Hall–Kier alpha value is -2.10. The lowest BCUT2D eigenvalue weighted by Crippen LogP contribution is -2.01. The van der Waals surface area contributed by atoms with E-state index in [2.05, 4.69) is 4.98 Å². The number of carboxylic acids is 1. The molecule has 4 nitrogen and oxygen atoms in total. The van der Waals surface area contributed by atoms with Gasteiger partial charge in [-0.3, -0.25) is 0 Å². The van der Waals surface area contributed by atoms with Crippen LogP contribution in [-0.2, 0) is 0 Å². The van der Waals surface area contributed by atoms with Crippen molar-refractivity contribution in [3.63, 3.8) is 0 Å². The van der Waals surface area contributed by atoms with Gasteiger partial charge in [-0.15, -0.1) is 0 Å². The number of hydrogen-bond acceptors (Lipinski definition) is 2. The number of carboxylic acid groups (broad SMARTS) is 1. The van der Waals surface area contributed by atoms with Crippen molar-refractivity contribution in [3.8, 4) is 5.69 Å². The lowest BCUT2D eigenvalue weighted by molar-refractivity contribution is 0.0690. The molecule has 0 bridgehead atoms. The van der Waals surface area contributed by atoms with Gasteiger partial charge in [0, 0.05) is 24.3 Å². The van der Waals surface area contributed by atoms with Crippen LogP contribution in [0.3, 0.4) is 0 Å². The van der Waals surface area contributed by atoms with Crippen molar-refractivity contribution in [2.45, 2.75) is 0 Å². The molecule has 0 saturated carbocycles. The number of rotatable bonds is 2. The highest BCUT2D eigenvalue weighted by molar-refractivity contribution is 5.85. The van der Waals surface area contributed by atoms with E-state index in [0.717, 1.165) is 5.69 Å². The molecule has 4 heteroatoms. The fourth-order valence-electron chi connectivity index (χ4n) is 1.20. The molecular formula is C10H8N2O2. The zero-order valence-corrected chi connectivity index (χ0v) is 7.29. The molecule has 2 aromatic rings. The van der Waals surface area contributed by atoms with Gasteiger partial charge in [0.2, 0.25) is 0 Å². The van der Waals surface area contributed by atoms with Crippen LogP contribution in [0.15, 0.2) is 42.9 Å². The first kappa shape index (κ1) is 8.50. The SMILES string of the molecule is O=C(O)c1cc(-n2cccc2)ccn1. The Labute approximate surface area is 80.4 Å². The van der Waals surface area contributed by atoms with Gasteiger partial charge in [-0.05, 0) is 24.3 Å². The smallest absolute Gasteiger partial charge is 0.354 e. The molecule has 0 amide bonds. The van der Waals surface area contributed by atoms with Crippen molar-refractivity contribution in [1.29, 1.82) is 0 Å². The van der Waals surface area contributed by atoms with Gasteiger partial charge in [0.15, 0.2) is 0 Å². The first-order chi connectivity index (χ1) is 6.77. The van der Waals surface area contributed by atoms with E-state index in [-0.39, 0.29) is 5.69 Å². The van der Waals surface area contributed by atoms with Gasteiger partial charge in [0.05, 0.1) is 0 Å². The summed E-state index contributed by atoms with van der Waals surface area (Å²) in [6.07, 6.45) is 5.18. The van der Waals surface area contributed by atoms with Crippen LogP contribution in [0.4, 0.5) is 0 Å². The van der Waals surface area contributed by atoms with Crippen molar-refractivity contribution >= 4 is 5.97 Å². The van der Waals surface area contributed by atoms with Gasteiger partial charge in [0.1, 0.15) is 5.69 Å². The summed E-state index contributed by atoms with van der Waals surface area (Å²) in [5.41, 5.74) is 0.846. The van der Waals surface area contributed by atoms with Gasteiger partial charge in [-0.1, -0.05) is 0 Å². The number of carbonyl (C=O) groups is 1. The Morgan fingerprint density at radius 1 is 1.36 bits per heavy atom. The molecule has 2 heterocycles. The normalized spacial score (nSPS) is 10.0. The van der Waals surface area contributed by atoms with Gasteiger partial charge < -0.3 is 9.67 Å². The van der Waals surface area contributed by atoms with E-state index in [4.69, 9.17) is 5.11 Å². The average molecular weight is 188 g/mol. The molecule has 0 aliphatic carbocycles. The minimum atomic E-state index is -1.01. The minimum Gasteiger partial charge on any atom is -0.477 e. The molecular weight excluding hydrogens is 180 g/mol. The van der Waals surface area contributed by atoms with E-state index >= 15 is 0 Å². The van der Waals surface area contributed by atoms with Gasteiger partial charge in [0.25, 0.3) is 0 Å². The standard InChI is InChI=1S/C10H8N2O2/c13-10(14)9-7-8(3-4-11-9)12-5-1-2-6-12/h1-7H,(H,13,14). The second kappa shape index (κ2) is 3.33. The number of nitrogens with zero attached hydrogens (tertiary/aromatic N) is 2.